The SMILES string of the molecule is CC1CC=Cc2c1c(-c1ccc(N(c3ccc(-c4ccc5ccccc5c4)cc3)c3cccc4c3-c3ccccc3C4(C)C)cc1)cc1ccccc21. The molecule has 0 saturated carbocycles. The van der Waals surface area contributed by atoms with Gasteiger partial charge in [-0.1, -0.05) is 154 Å². The predicted octanol–water partition coefficient (Wildman–Crippen LogP) is 14.6. The van der Waals surface area contributed by atoms with Gasteiger partial charge in [0.2, 0.25) is 0 Å². The monoisotopic (exact) mass is 679 g/mol. The molecule has 0 bridgehead atoms. The third-order valence-corrected chi connectivity index (χ3v) is 11.9. The predicted molar refractivity (Wildman–Crippen MR) is 227 cm³/mol. The fourth-order valence-electron chi connectivity index (χ4n) is 9.16. The van der Waals surface area contributed by atoms with Gasteiger partial charge in [0.25, 0.3) is 0 Å². The van der Waals surface area contributed by atoms with E-state index < -0.39 is 0 Å². The van der Waals surface area contributed by atoms with E-state index in [9.17, 15) is 0 Å². The van der Waals surface area contributed by atoms with Crippen LogP contribution < -0.4 is 4.90 Å². The summed E-state index contributed by atoms with van der Waals surface area (Å²) in [5.41, 5.74) is 16.7. The summed E-state index contributed by atoms with van der Waals surface area (Å²) in [7, 11) is 0. The van der Waals surface area contributed by atoms with Crippen LogP contribution in [-0.2, 0) is 5.41 Å². The van der Waals surface area contributed by atoms with Crippen LogP contribution in [0.2, 0.25) is 0 Å². The van der Waals surface area contributed by atoms with Crippen molar-refractivity contribution in [2.24, 2.45) is 0 Å². The van der Waals surface area contributed by atoms with Crippen molar-refractivity contribution in [1.82, 2.24) is 0 Å². The average molecular weight is 680 g/mol. The Morgan fingerprint density at radius 3 is 1.96 bits per heavy atom. The van der Waals surface area contributed by atoms with Crippen molar-refractivity contribution < 1.29 is 0 Å². The largest absolute Gasteiger partial charge is 0.310 e. The van der Waals surface area contributed by atoms with Gasteiger partial charge >= 0.3 is 0 Å². The van der Waals surface area contributed by atoms with Crippen LogP contribution in [-0.4, -0.2) is 0 Å². The van der Waals surface area contributed by atoms with Crippen molar-refractivity contribution in [1.29, 1.82) is 0 Å². The summed E-state index contributed by atoms with van der Waals surface area (Å²) in [6.45, 7) is 7.09. The Morgan fingerprint density at radius 2 is 1.17 bits per heavy atom. The second-order valence-electron chi connectivity index (χ2n) is 15.4. The van der Waals surface area contributed by atoms with Gasteiger partial charge in [-0.25, -0.2) is 0 Å². The quantitative estimate of drug-likeness (QED) is 0.175. The molecule has 0 aliphatic heterocycles. The van der Waals surface area contributed by atoms with Gasteiger partial charge < -0.3 is 4.90 Å². The lowest BCUT2D eigenvalue weighted by Gasteiger charge is -2.29. The van der Waals surface area contributed by atoms with Gasteiger partial charge in [0.05, 0.1) is 5.69 Å². The van der Waals surface area contributed by atoms with E-state index in [1.54, 1.807) is 0 Å². The molecule has 0 N–H and O–H groups in total. The molecule has 8 aromatic carbocycles. The molecule has 2 aliphatic carbocycles. The molecule has 53 heavy (non-hydrogen) atoms. The number of hydrogen-bond donors (Lipinski definition) is 0. The zero-order chi connectivity index (χ0) is 35.7. The van der Waals surface area contributed by atoms with Crippen molar-refractivity contribution >= 4 is 44.7 Å². The fourth-order valence-corrected chi connectivity index (χ4v) is 9.16. The van der Waals surface area contributed by atoms with Gasteiger partial charge in [-0.05, 0) is 126 Å². The molecule has 0 aromatic heterocycles. The maximum absolute atomic E-state index is 2.46. The Balaban J connectivity index is 1.13. The van der Waals surface area contributed by atoms with Crippen molar-refractivity contribution in [3.63, 3.8) is 0 Å². The van der Waals surface area contributed by atoms with E-state index in [0.717, 1.165) is 17.8 Å². The average Bonchev–Trinajstić information content (AvgIpc) is 3.44. The van der Waals surface area contributed by atoms with Crippen LogP contribution in [0.1, 0.15) is 55.4 Å². The zero-order valence-corrected chi connectivity index (χ0v) is 30.5. The molecular formula is C52H41N. The number of benzene rings is 8. The molecule has 254 valence electrons. The molecule has 1 heteroatoms. The van der Waals surface area contributed by atoms with Crippen molar-refractivity contribution in [3.05, 3.63) is 192 Å². The second kappa shape index (κ2) is 12.2. The Labute approximate surface area is 312 Å². The van der Waals surface area contributed by atoms with Crippen LogP contribution in [0.25, 0.3) is 61.0 Å². The number of fused-ring (bicyclic) bond motifs is 7. The molecule has 0 fully saturated rings. The van der Waals surface area contributed by atoms with E-state index in [2.05, 4.69) is 202 Å². The molecule has 8 aromatic rings. The summed E-state index contributed by atoms with van der Waals surface area (Å²) < 4.78 is 0. The van der Waals surface area contributed by atoms with Gasteiger partial charge in [0, 0.05) is 22.4 Å². The highest BCUT2D eigenvalue weighted by Crippen LogP contribution is 2.54. The van der Waals surface area contributed by atoms with Crippen LogP contribution in [0.3, 0.4) is 0 Å². The van der Waals surface area contributed by atoms with E-state index in [1.165, 1.54) is 82.9 Å². The van der Waals surface area contributed by atoms with E-state index >= 15 is 0 Å². The molecule has 0 saturated heterocycles. The summed E-state index contributed by atoms with van der Waals surface area (Å²) in [5.74, 6) is 0.460. The zero-order valence-electron chi connectivity index (χ0n) is 30.5. The van der Waals surface area contributed by atoms with Crippen LogP contribution in [0, 0.1) is 0 Å². The number of allylic oxidation sites excluding steroid dienone is 1. The summed E-state index contributed by atoms with van der Waals surface area (Å²) in [6.07, 6.45) is 5.75. The van der Waals surface area contributed by atoms with Crippen LogP contribution in [0.5, 0.6) is 0 Å². The van der Waals surface area contributed by atoms with E-state index in [0.29, 0.717) is 5.92 Å². The lowest BCUT2D eigenvalue weighted by atomic mass is 9.80. The van der Waals surface area contributed by atoms with Crippen molar-refractivity contribution in [2.45, 2.75) is 38.5 Å². The lowest BCUT2D eigenvalue weighted by Crippen LogP contribution is -2.16. The first-order chi connectivity index (χ1) is 26.0. The third-order valence-electron chi connectivity index (χ3n) is 11.9. The summed E-state index contributed by atoms with van der Waals surface area (Å²) >= 11 is 0. The molecule has 0 spiro atoms. The number of anilines is 3. The number of nitrogens with zero attached hydrogens (tertiary/aromatic N) is 1. The first-order valence-electron chi connectivity index (χ1n) is 18.9. The highest BCUT2D eigenvalue weighted by molar-refractivity contribution is 5.99. The molecule has 1 unspecified atom stereocenters. The molecule has 0 heterocycles. The summed E-state index contributed by atoms with van der Waals surface area (Å²) in [6, 6.07) is 60.8. The molecule has 10 rings (SSSR count). The van der Waals surface area contributed by atoms with E-state index in [1.807, 2.05) is 0 Å². The molecule has 0 radical (unpaired) electrons. The van der Waals surface area contributed by atoms with Crippen molar-refractivity contribution in [3.8, 4) is 33.4 Å². The molecule has 0 amide bonds. The smallest absolute Gasteiger partial charge is 0.0543 e. The maximum Gasteiger partial charge on any atom is 0.0543 e. The number of rotatable bonds is 5. The molecule has 1 nitrogen and oxygen atoms in total. The van der Waals surface area contributed by atoms with Crippen molar-refractivity contribution in [2.75, 3.05) is 4.90 Å². The number of hydrogen-bond acceptors (Lipinski definition) is 1. The molecule has 1 atom stereocenters. The third kappa shape index (κ3) is 5.06. The van der Waals surface area contributed by atoms with E-state index in [-0.39, 0.29) is 5.41 Å². The highest BCUT2D eigenvalue weighted by atomic mass is 15.1. The fraction of sp³-hybridized carbons (Fsp3) is 0.115. The molecular weight excluding hydrogens is 639 g/mol. The maximum atomic E-state index is 2.46. The topological polar surface area (TPSA) is 3.24 Å². The second-order valence-corrected chi connectivity index (χ2v) is 15.4. The summed E-state index contributed by atoms with van der Waals surface area (Å²) in [5, 5.41) is 5.15. The minimum absolute atomic E-state index is 0.0856. The minimum Gasteiger partial charge on any atom is -0.310 e. The van der Waals surface area contributed by atoms with Crippen LogP contribution in [0.4, 0.5) is 17.1 Å². The minimum atomic E-state index is -0.0856. The van der Waals surface area contributed by atoms with Crippen LogP contribution in [0.15, 0.2) is 170 Å². The normalized spacial score (nSPS) is 15.3. The Bertz CT molecular complexity index is 2730. The van der Waals surface area contributed by atoms with E-state index in [4.69, 9.17) is 0 Å². The summed E-state index contributed by atoms with van der Waals surface area (Å²) in [4.78, 5) is 2.46. The van der Waals surface area contributed by atoms with Gasteiger partial charge in [0.15, 0.2) is 0 Å². The lowest BCUT2D eigenvalue weighted by molar-refractivity contribution is 0.660. The standard InChI is InChI=1S/C52H41N/c1-34-12-10-18-44-43-16-7-6-15-40(43)33-46(50(34)44)37-26-30-42(31-27-37)53(49-21-11-20-48-51(49)45-17-8-9-19-47(45)52(48,2)3)41-28-24-36(25-29-41)39-23-22-35-13-4-5-14-38(35)32-39/h4-11,13-34H,12H2,1-3H3. The van der Waals surface area contributed by atoms with Gasteiger partial charge in [0.1, 0.15) is 0 Å². The van der Waals surface area contributed by atoms with Gasteiger partial charge in [-0.2, -0.15) is 0 Å². The first kappa shape index (κ1) is 31.5. The van der Waals surface area contributed by atoms with Gasteiger partial charge in [-0.3, -0.25) is 0 Å². The van der Waals surface area contributed by atoms with Crippen LogP contribution >= 0.6 is 0 Å². The first-order valence-corrected chi connectivity index (χ1v) is 18.9. The van der Waals surface area contributed by atoms with Gasteiger partial charge in [-0.15, -0.1) is 0 Å². The molecule has 2 aliphatic rings. The Morgan fingerprint density at radius 1 is 0.528 bits per heavy atom. The highest BCUT2D eigenvalue weighted by Gasteiger charge is 2.37. The Kier molecular flexibility index (Phi) is 7.27. The Hall–Kier alpha value is -6.18.